The molecule has 1 saturated heterocycles. The van der Waals surface area contributed by atoms with Gasteiger partial charge < -0.3 is 15.5 Å². The van der Waals surface area contributed by atoms with Gasteiger partial charge in [0, 0.05) is 18.3 Å². The third kappa shape index (κ3) is 3.90. The lowest BCUT2D eigenvalue weighted by molar-refractivity contribution is 0.301. The summed E-state index contributed by atoms with van der Waals surface area (Å²) in [5, 5.41) is 17.8. The smallest absolute Gasteiger partial charge is 0.183 e. The molecule has 0 spiro atoms. The van der Waals surface area contributed by atoms with Crippen molar-refractivity contribution in [3.05, 3.63) is 40.6 Å². The van der Waals surface area contributed by atoms with Crippen molar-refractivity contribution in [2.45, 2.75) is 25.3 Å². The first kappa shape index (κ1) is 17.5. The molecule has 3 N–H and O–H groups in total. The number of hydrogen-bond acceptors (Lipinski definition) is 6. The van der Waals surface area contributed by atoms with Crippen LogP contribution in [0.2, 0.25) is 0 Å². The number of likely N-dealkylation sites (tertiary alicyclic amines) is 1. The first-order valence-electron chi connectivity index (χ1n) is 8.93. The van der Waals surface area contributed by atoms with Crippen LogP contribution in [0.1, 0.15) is 24.1 Å². The van der Waals surface area contributed by atoms with E-state index in [2.05, 4.69) is 33.6 Å². The summed E-state index contributed by atoms with van der Waals surface area (Å²) in [6, 6.07) is 10.7. The highest BCUT2D eigenvalue weighted by atomic mass is 32.1. The summed E-state index contributed by atoms with van der Waals surface area (Å²) < 4.78 is 1.13. The van der Waals surface area contributed by atoms with Crippen molar-refractivity contribution in [3.8, 4) is 0 Å². The average molecular weight is 386 g/mol. The van der Waals surface area contributed by atoms with Gasteiger partial charge in [-0.3, -0.25) is 5.41 Å². The van der Waals surface area contributed by atoms with Crippen molar-refractivity contribution >= 4 is 49.5 Å². The quantitative estimate of drug-likeness (QED) is 0.425. The summed E-state index contributed by atoms with van der Waals surface area (Å²) in [4.78, 5) is 8.08. The minimum absolute atomic E-state index is 0.433. The fourth-order valence-electron chi connectivity index (χ4n) is 3.39. The lowest BCUT2D eigenvalue weighted by Gasteiger charge is -2.18. The van der Waals surface area contributed by atoms with Crippen LogP contribution in [0.25, 0.3) is 10.2 Å². The van der Waals surface area contributed by atoms with Gasteiger partial charge in [0.1, 0.15) is 5.84 Å². The molecule has 0 bridgehead atoms. The maximum absolute atomic E-state index is 8.16. The largest absolute Gasteiger partial charge is 0.361 e. The fraction of sp³-hybridized carbons (Fsp3) is 0.368. The molecule has 1 aliphatic rings. The molecule has 1 unspecified atom stereocenters. The molecule has 1 atom stereocenters. The second kappa shape index (κ2) is 7.73. The molecule has 1 aliphatic heterocycles. The Morgan fingerprint density at radius 2 is 2.31 bits per heavy atom. The summed E-state index contributed by atoms with van der Waals surface area (Å²) in [5.74, 6) is 0.433. The number of fused-ring (bicyclic) bond motifs is 1. The molecule has 26 heavy (non-hydrogen) atoms. The van der Waals surface area contributed by atoms with E-state index in [4.69, 9.17) is 5.41 Å². The first-order chi connectivity index (χ1) is 12.7. The second-order valence-electron chi connectivity index (χ2n) is 6.67. The predicted octanol–water partition coefficient (Wildman–Crippen LogP) is 4.69. The molecule has 0 saturated carbocycles. The van der Waals surface area contributed by atoms with Crippen molar-refractivity contribution in [3.63, 3.8) is 0 Å². The van der Waals surface area contributed by atoms with Crippen LogP contribution in [0.15, 0.2) is 35.7 Å². The summed E-state index contributed by atoms with van der Waals surface area (Å²) in [6.45, 7) is 2.19. The van der Waals surface area contributed by atoms with Gasteiger partial charge in [-0.1, -0.05) is 17.4 Å². The molecule has 0 radical (unpaired) electrons. The molecule has 0 aliphatic carbocycles. The normalized spacial score (nSPS) is 17.7. The number of rotatable bonds is 6. The van der Waals surface area contributed by atoms with Crippen LogP contribution >= 0.6 is 22.7 Å². The molecule has 4 rings (SSSR count). The van der Waals surface area contributed by atoms with E-state index in [0.29, 0.717) is 11.9 Å². The Morgan fingerprint density at radius 3 is 3.08 bits per heavy atom. The molecular formula is C19H23N5S2. The van der Waals surface area contributed by atoms with Crippen molar-refractivity contribution in [2.24, 2.45) is 0 Å². The number of amidine groups is 1. The topological polar surface area (TPSA) is 64.0 Å². The lowest BCUT2D eigenvalue weighted by Crippen LogP contribution is -2.26. The van der Waals surface area contributed by atoms with E-state index >= 15 is 0 Å². The number of nitrogens with zero attached hydrogens (tertiary/aromatic N) is 2. The maximum Gasteiger partial charge on any atom is 0.183 e. The van der Waals surface area contributed by atoms with Crippen LogP contribution in [-0.4, -0.2) is 41.9 Å². The number of nitrogens with one attached hydrogen (secondary N) is 3. The van der Waals surface area contributed by atoms with Gasteiger partial charge in [-0.15, -0.1) is 11.3 Å². The Hall–Kier alpha value is -1.96. The molecule has 3 heterocycles. The average Bonchev–Trinajstić information content (AvgIpc) is 3.36. The third-order valence-electron chi connectivity index (χ3n) is 4.85. The van der Waals surface area contributed by atoms with Gasteiger partial charge in [-0.2, -0.15) is 0 Å². The highest BCUT2D eigenvalue weighted by Gasteiger charge is 2.20. The number of aromatic nitrogens is 1. The predicted molar refractivity (Wildman–Crippen MR) is 113 cm³/mol. The number of anilines is 2. The van der Waals surface area contributed by atoms with Gasteiger partial charge in [0.2, 0.25) is 0 Å². The third-order valence-corrected chi connectivity index (χ3v) is 6.71. The van der Waals surface area contributed by atoms with E-state index in [1.54, 1.807) is 22.7 Å². The molecule has 3 aromatic rings. The minimum atomic E-state index is 0.433. The molecule has 5 nitrogen and oxygen atoms in total. The number of hydrogen-bond donors (Lipinski definition) is 3. The highest BCUT2D eigenvalue weighted by molar-refractivity contribution is 7.22. The molecule has 7 heteroatoms. The van der Waals surface area contributed by atoms with E-state index in [-0.39, 0.29) is 0 Å². The molecule has 136 valence electrons. The maximum atomic E-state index is 8.16. The molecule has 2 aromatic heterocycles. The van der Waals surface area contributed by atoms with E-state index in [0.717, 1.165) is 38.9 Å². The zero-order valence-corrected chi connectivity index (χ0v) is 16.4. The van der Waals surface area contributed by atoms with Crippen LogP contribution in [0, 0.1) is 5.41 Å². The fourth-order valence-corrected chi connectivity index (χ4v) is 4.95. The Balaban J connectivity index is 1.38. The summed E-state index contributed by atoms with van der Waals surface area (Å²) in [5.41, 5.74) is 1.93. The second-order valence-corrected chi connectivity index (χ2v) is 8.65. The van der Waals surface area contributed by atoms with Gasteiger partial charge in [-0.05, 0) is 62.5 Å². The summed E-state index contributed by atoms with van der Waals surface area (Å²) in [6.07, 6.45) is 3.79. The molecule has 0 amide bonds. The number of thiophene rings is 1. The minimum Gasteiger partial charge on any atom is -0.361 e. The monoisotopic (exact) mass is 385 g/mol. The zero-order chi connectivity index (χ0) is 17.9. The summed E-state index contributed by atoms with van der Waals surface area (Å²) in [7, 11) is 2.22. The van der Waals surface area contributed by atoms with E-state index < -0.39 is 0 Å². The van der Waals surface area contributed by atoms with Crippen LogP contribution in [-0.2, 0) is 0 Å². The standard InChI is InChI=1S/C19H23N5S2/c1-24-10-2-4-14(24)8-9-21-19-23-15-7-6-13(12-17(15)26-19)22-18(20)16-5-3-11-25-16/h3,5-7,11-12,14H,2,4,8-10H2,1H3,(H2,20,22)(H,21,23). The van der Waals surface area contributed by atoms with Crippen molar-refractivity contribution in [1.82, 2.24) is 9.88 Å². The van der Waals surface area contributed by atoms with E-state index in [1.165, 1.54) is 19.4 Å². The van der Waals surface area contributed by atoms with Crippen molar-refractivity contribution in [2.75, 3.05) is 30.8 Å². The molecular weight excluding hydrogens is 362 g/mol. The number of thiazole rings is 1. The van der Waals surface area contributed by atoms with Gasteiger partial charge >= 0.3 is 0 Å². The number of benzene rings is 1. The molecule has 1 fully saturated rings. The van der Waals surface area contributed by atoms with Crippen LogP contribution in [0.5, 0.6) is 0 Å². The van der Waals surface area contributed by atoms with Gasteiger partial charge in [-0.25, -0.2) is 4.98 Å². The van der Waals surface area contributed by atoms with Crippen molar-refractivity contribution < 1.29 is 0 Å². The van der Waals surface area contributed by atoms with Gasteiger partial charge in [0.25, 0.3) is 0 Å². The Labute approximate surface area is 161 Å². The Bertz CT molecular complexity index is 887. The van der Waals surface area contributed by atoms with Gasteiger partial charge in [0.15, 0.2) is 5.13 Å². The van der Waals surface area contributed by atoms with E-state index in [1.807, 2.05) is 29.6 Å². The lowest BCUT2D eigenvalue weighted by atomic mass is 10.1. The van der Waals surface area contributed by atoms with Gasteiger partial charge in [0.05, 0.1) is 15.1 Å². The SMILES string of the molecule is CN1CCCC1CCNc1nc2ccc(NC(=N)c3cccs3)cc2s1. The van der Waals surface area contributed by atoms with E-state index in [9.17, 15) is 0 Å². The first-order valence-corrected chi connectivity index (χ1v) is 10.6. The zero-order valence-electron chi connectivity index (χ0n) is 14.8. The summed E-state index contributed by atoms with van der Waals surface area (Å²) >= 11 is 3.24. The van der Waals surface area contributed by atoms with Crippen LogP contribution < -0.4 is 10.6 Å². The Kier molecular flexibility index (Phi) is 5.19. The Morgan fingerprint density at radius 1 is 1.38 bits per heavy atom. The van der Waals surface area contributed by atoms with Crippen LogP contribution in [0.3, 0.4) is 0 Å². The molecule has 1 aromatic carbocycles. The highest BCUT2D eigenvalue weighted by Crippen LogP contribution is 2.29. The van der Waals surface area contributed by atoms with Crippen LogP contribution in [0.4, 0.5) is 10.8 Å². The van der Waals surface area contributed by atoms with Crippen molar-refractivity contribution in [1.29, 1.82) is 5.41 Å².